The molecule has 7 heteroatoms. The molecule has 0 aromatic heterocycles. The number of aliphatic hydroxyl groups is 1. The predicted octanol–water partition coefficient (Wildman–Crippen LogP) is 8.49. The first-order chi connectivity index (χ1) is 19.9. The van der Waals surface area contributed by atoms with Gasteiger partial charge >= 0.3 is 16.1 Å². The van der Waals surface area contributed by atoms with E-state index in [1.807, 2.05) is 72.8 Å². The minimum atomic E-state index is -2.18. The van der Waals surface area contributed by atoms with Crippen LogP contribution >= 0.6 is 16.1 Å². The van der Waals surface area contributed by atoms with Crippen molar-refractivity contribution in [2.75, 3.05) is 7.11 Å². The van der Waals surface area contributed by atoms with Gasteiger partial charge < -0.3 is 5.11 Å². The standard InChI is InChI=1S/C12H10O3P.C12H10OP.C9H12.CH4O/c13-16(14-11-7-3-1-4-8-11)15-12-9-5-2-6-10-12;13-14(11-7-3-1-4-8-11)12-9-5-2-6-10-12;1-7-4-8(2)6-9(3)5-7;1-2/h1-10H;1-10H;4-6H,1-3H3;2H,1H3/q2*+1;;. The van der Waals surface area contributed by atoms with Gasteiger partial charge in [0.15, 0.2) is 22.1 Å². The van der Waals surface area contributed by atoms with E-state index in [0.29, 0.717) is 11.5 Å². The summed E-state index contributed by atoms with van der Waals surface area (Å²) in [6, 6.07) is 43.5. The van der Waals surface area contributed by atoms with Crippen LogP contribution in [0.4, 0.5) is 0 Å². The number of hydrogen-bond donors (Lipinski definition) is 1. The second kappa shape index (κ2) is 19.0. The molecule has 0 bridgehead atoms. The van der Waals surface area contributed by atoms with E-state index in [1.165, 1.54) is 16.7 Å². The number of benzene rings is 5. The fourth-order valence-corrected chi connectivity index (χ4v) is 5.44. The van der Waals surface area contributed by atoms with Crippen LogP contribution in [0.15, 0.2) is 140 Å². The van der Waals surface area contributed by atoms with E-state index in [9.17, 15) is 9.13 Å². The first-order valence-electron chi connectivity index (χ1n) is 12.9. The summed E-state index contributed by atoms with van der Waals surface area (Å²) in [5.41, 5.74) is 4.06. The lowest BCUT2D eigenvalue weighted by atomic mass is 10.1. The SMILES string of the molecule is CO.Cc1cc(C)cc(C)c1.O=[P+](Oc1ccccc1)Oc1ccccc1.O=[P+](c1ccccc1)c1ccccc1. The third-order valence-electron chi connectivity index (χ3n) is 5.19. The summed E-state index contributed by atoms with van der Waals surface area (Å²) in [7, 11) is -2.60. The number of para-hydroxylation sites is 2. The molecule has 0 heterocycles. The third-order valence-corrected chi connectivity index (χ3v) is 7.45. The van der Waals surface area contributed by atoms with Crippen molar-refractivity contribution in [1.29, 1.82) is 0 Å². The molecular formula is C34H36O5P2+2. The quantitative estimate of drug-likeness (QED) is 0.202. The molecule has 210 valence electrons. The Kier molecular flexibility index (Phi) is 15.3. The molecule has 1 N–H and O–H groups in total. The fourth-order valence-electron chi connectivity index (χ4n) is 3.63. The molecule has 5 nitrogen and oxygen atoms in total. The molecule has 5 aromatic rings. The van der Waals surface area contributed by atoms with E-state index in [1.54, 1.807) is 48.5 Å². The van der Waals surface area contributed by atoms with Crippen molar-refractivity contribution in [2.24, 2.45) is 0 Å². The molecule has 0 spiro atoms. The lowest BCUT2D eigenvalue weighted by molar-refractivity contribution is 0.399. The topological polar surface area (TPSA) is 72.8 Å². The van der Waals surface area contributed by atoms with Crippen molar-refractivity contribution in [2.45, 2.75) is 20.8 Å². The van der Waals surface area contributed by atoms with E-state index in [0.717, 1.165) is 17.7 Å². The van der Waals surface area contributed by atoms with Gasteiger partial charge in [0.1, 0.15) is 0 Å². The van der Waals surface area contributed by atoms with Gasteiger partial charge in [0, 0.05) is 11.7 Å². The summed E-state index contributed by atoms with van der Waals surface area (Å²) in [6.45, 7) is 6.38. The number of hydrogen-bond acceptors (Lipinski definition) is 5. The molecule has 0 radical (unpaired) electrons. The van der Waals surface area contributed by atoms with Crippen LogP contribution < -0.4 is 19.7 Å². The molecule has 5 aromatic carbocycles. The molecule has 0 unspecified atom stereocenters. The molecular weight excluding hydrogens is 550 g/mol. The van der Waals surface area contributed by atoms with Crippen LogP contribution in [0.25, 0.3) is 0 Å². The predicted molar refractivity (Wildman–Crippen MR) is 170 cm³/mol. The van der Waals surface area contributed by atoms with Gasteiger partial charge in [-0.15, -0.1) is 0 Å². The maximum absolute atomic E-state index is 12.0. The van der Waals surface area contributed by atoms with Crippen LogP contribution in [0.3, 0.4) is 0 Å². The second-order valence-corrected chi connectivity index (χ2v) is 11.1. The molecule has 0 aliphatic rings. The Hall–Kier alpha value is -4.14. The largest absolute Gasteiger partial charge is 0.805 e. The highest BCUT2D eigenvalue weighted by Crippen LogP contribution is 2.29. The Morgan fingerprint density at radius 3 is 1.02 bits per heavy atom. The van der Waals surface area contributed by atoms with Crippen molar-refractivity contribution < 1.29 is 23.3 Å². The van der Waals surface area contributed by atoms with Crippen molar-refractivity contribution in [3.63, 3.8) is 0 Å². The molecule has 0 amide bonds. The van der Waals surface area contributed by atoms with Crippen molar-refractivity contribution in [3.8, 4) is 11.5 Å². The molecule has 0 saturated carbocycles. The van der Waals surface area contributed by atoms with Gasteiger partial charge in [-0.3, -0.25) is 0 Å². The Labute approximate surface area is 245 Å². The Balaban J connectivity index is 0.000000216. The van der Waals surface area contributed by atoms with Gasteiger partial charge in [0.2, 0.25) is 0 Å². The van der Waals surface area contributed by atoms with Gasteiger partial charge in [-0.25, -0.2) is 9.05 Å². The minimum Gasteiger partial charge on any atom is -0.400 e. The summed E-state index contributed by atoms with van der Waals surface area (Å²) in [5, 5.41) is 8.77. The minimum absolute atomic E-state index is 0.527. The number of rotatable bonds is 6. The fraction of sp³-hybridized carbons (Fsp3) is 0.118. The first-order valence-corrected chi connectivity index (χ1v) is 15.3. The summed E-state index contributed by atoms with van der Waals surface area (Å²) in [6.07, 6.45) is 0. The van der Waals surface area contributed by atoms with Gasteiger partial charge in [0.25, 0.3) is 0 Å². The van der Waals surface area contributed by atoms with Crippen molar-refractivity contribution >= 4 is 26.7 Å². The zero-order chi connectivity index (χ0) is 29.9. The number of aliphatic hydroxyl groups excluding tert-OH is 1. The molecule has 0 aliphatic carbocycles. The third kappa shape index (κ3) is 13.2. The van der Waals surface area contributed by atoms with E-state index in [4.69, 9.17) is 14.2 Å². The summed E-state index contributed by atoms with van der Waals surface area (Å²) >= 11 is 0. The van der Waals surface area contributed by atoms with Gasteiger partial charge in [-0.1, -0.05) is 112 Å². The summed E-state index contributed by atoms with van der Waals surface area (Å²) in [5.74, 6) is 1.05. The van der Waals surface area contributed by atoms with Gasteiger partial charge in [-0.2, -0.15) is 0 Å². The van der Waals surface area contributed by atoms with E-state index >= 15 is 0 Å². The lowest BCUT2D eigenvalue weighted by Crippen LogP contribution is -2.04. The highest BCUT2D eigenvalue weighted by atomic mass is 31.1. The van der Waals surface area contributed by atoms with E-state index in [-0.39, 0.29) is 0 Å². The lowest BCUT2D eigenvalue weighted by Gasteiger charge is -1.96. The Bertz CT molecular complexity index is 1310. The molecule has 0 aliphatic heterocycles. The van der Waals surface area contributed by atoms with Gasteiger partial charge in [0.05, 0.1) is 0 Å². The van der Waals surface area contributed by atoms with Crippen molar-refractivity contribution in [1.82, 2.24) is 0 Å². The Morgan fingerprint density at radius 2 is 0.732 bits per heavy atom. The average Bonchev–Trinajstić information content (AvgIpc) is 3.00. The molecule has 0 fully saturated rings. The van der Waals surface area contributed by atoms with Crippen LogP contribution in [0.2, 0.25) is 0 Å². The maximum atomic E-state index is 12.0. The van der Waals surface area contributed by atoms with Crippen LogP contribution in [-0.2, 0) is 9.13 Å². The molecule has 0 saturated heterocycles. The van der Waals surface area contributed by atoms with E-state index < -0.39 is 16.1 Å². The monoisotopic (exact) mass is 586 g/mol. The molecule has 0 atom stereocenters. The summed E-state index contributed by atoms with van der Waals surface area (Å²) in [4.78, 5) is 0. The first kappa shape index (κ1) is 33.1. The average molecular weight is 587 g/mol. The van der Waals surface area contributed by atoms with Crippen LogP contribution in [0.1, 0.15) is 16.7 Å². The van der Waals surface area contributed by atoms with E-state index in [2.05, 4.69) is 39.0 Å². The smallest absolute Gasteiger partial charge is 0.400 e. The van der Waals surface area contributed by atoms with Crippen LogP contribution in [-0.4, -0.2) is 12.2 Å². The highest BCUT2D eigenvalue weighted by molar-refractivity contribution is 7.61. The Morgan fingerprint density at radius 1 is 0.463 bits per heavy atom. The summed E-state index contributed by atoms with van der Waals surface area (Å²) < 4.78 is 33.7. The molecule has 5 rings (SSSR count). The molecule has 41 heavy (non-hydrogen) atoms. The maximum Gasteiger partial charge on any atom is 0.805 e. The van der Waals surface area contributed by atoms with Crippen LogP contribution in [0.5, 0.6) is 11.5 Å². The number of aryl methyl sites for hydroxylation is 3. The van der Waals surface area contributed by atoms with Crippen molar-refractivity contribution in [3.05, 3.63) is 156 Å². The second-order valence-electron chi connectivity index (χ2n) is 8.66. The van der Waals surface area contributed by atoms with Gasteiger partial charge in [-0.05, 0) is 69.3 Å². The van der Waals surface area contributed by atoms with Crippen LogP contribution in [0, 0.1) is 20.8 Å². The zero-order valence-corrected chi connectivity index (χ0v) is 25.5. The highest BCUT2D eigenvalue weighted by Gasteiger charge is 2.23. The normalized spacial score (nSPS) is 9.29. The zero-order valence-electron chi connectivity index (χ0n) is 23.8.